The fraction of sp³-hybridized carbons (Fsp3) is 0.200. The lowest BCUT2D eigenvalue weighted by Gasteiger charge is -2.11. The fourth-order valence-corrected chi connectivity index (χ4v) is 3.48. The van der Waals surface area contributed by atoms with Crippen molar-refractivity contribution in [3.8, 4) is 11.5 Å². The summed E-state index contributed by atoms with van der Waals surface area (Å²) in [5.41, 5.74) is 1.91. The van der Waals surface area contributed by atoms with Gasteiger partial charge in [-0.25, -0.2) is 17.7 Å². The Labute approximate surface area is 164 Å². The summed E-state index contributed by atoms with van der Waals surface area (Å²) in [6.07, 6.45) is 0.0555. The molecule has 8 heteroatoms. The number of rotatable bonds is 6. The second kappa shape index (κ2) is 7.95. The Morgan fingerprint density at radius 2 is 1.71 bits per heavy atom. The Morgan fingerprint density at radius 1 is 1.07 bits per heavy atom. The number of amides is 1. The molecule has 0 fully saturated rings. The highest BCUT2D eigenvalue weighted by Gasteiger charge is 2.18. The zero-order chi connectivity index (χ0) is 20.3. The second-order valence-electron chi connectivity index (χ2n) is 6.42. The van der Waals surface area contributed by atoms with Crippen molar-refractivity contribution in [1.82, 2.24) is 9.29 Å². The largest absolute Gasteiger partial charge is 0.441 e. The molecule has 0 radical (unpaired) electrons. The van der Waals surface area contributed by atoms with Gasteiger partial charge in [0.25, 0.3) is 0 Å². The molecule has 3 rings (SSSR count). The van der Waals surface area contributed by atoms with Gasteiger partial charge in [-0.2, -0.15) is 0 Å². The number of aromatic nitrogens is 1. The number of oxazole rings is 1. The predicted octanol–water partition coefficient (Wildman–Crippen LogP) is 3.08. The Morgan fingerprint density at radius 3 is 2.32 bits per heavy atom. The van der Waals surface area contributed by atoms with Gasteiger partial charge < -0.3 is 9.73 Å². The van der Waals surface area contributed by atoms with E-state index < -0.39 is 10.0 Å². The van der Waals surface area contributed by atoms with E-state index in [2.05, 4.69) is 10.3 Å². The fourth-order valence-electron chi connectivity index (χ4n) is 2.57. The molecule has 7 nitrogen and oxygen atoms in total. The summed E-state index contributed by atoms with van der Waals surface area (Å²) in [6.45, 7) is 1.77. The third-order valence-corrected chi connectivity index (χ3v) is 5.99. The molecule has 1 N–H and O–H groups in total. The van der Waals surface area contributed by atoms with Crippen molar-refractivity contribution in [2.45, 2.75) is 18.2 Å². The van der Waals surface area contributed by atoms with Crippen molar-refractivity contribution in [3.63, 3.8) is 0 Å². The van der Waals surface area contributed by atoms with Gasteiger partial charge in [0.05, 0.1) is 17.0 Å². The van der Waals surface area contributed by atoms with Crippen molar-refractivity contribution < 1.29 is 17.6 Å². The van der Waals surface area contributed by atoms with E-state index in [1.807, 2.05) is 30.3 Å². The highest BCUT2D eigenvalue weighted by Crippen LogP contribution is 2.22. The van der Waals surface area contributed by atoms with E-state index in [-0.39, 0.29) is 17.2 Å². The molecule has 28 heavy (non-hydrogen) atoms. The van der Waals surface area contributed by atoms with Gasteiger partial charge in [-0.15, -0.1) is 0 Å². The maximum atomic E-state index is 12.4. The van der Waals surface area contributed by atoms with Gasteiger partial charge in [0, 0.05) is 25.3 Å². The van der Waals surface area contributed by atoms with Crippen LogP contribution in [0.15, 0.2) is 63.9 Å². The van der Waals surface area contributed by atoms with Crippen LogP contribution >= 0.6 is 0 Å². The van der Waals surface area contributed by atoms with Crippen LogP contribution in [0, 0.1) is 6.92 Å². The topological polar surface area (TPSA) is 92.5 Å². The molecule has 0 spiro atoms. The number of benzene rings is 2. The van der Waals surface area contributed by atoms with Crippen LogP contribution in [0.2, 0.25) is 0 Å². The van der Waals surface area contributed by atoms with E-state index in [9.17, 15) is 13.2 Å². The highest BCUT2D eigenvalue weighted by atomic mass is 32.2. The lowest BCUT2D eigenvalue weighted by molar-refractivity contribution is -0.115. The van der Waals surface area contributed by atoms with Gasteiger partial charge in [0.15, 0.2) is 0 Å². The number of hydrogen-bond acceptors (Lipinski definition) is 5. The van der Waals surface area contributed by atoms with E-state index in [4.69, 9.17) is 4.42 Å². The summed E-state index contributed by atoms with van der Waals surface area (Å²) in [4.78, 5) is 16.9. The number of aryl methyl sites for hydroxylation is 1. The summed E-state index contributed by atoms with van der Waals surface area (Å²) in [5.74, 6) is 0.791. The number of carbonyl (C=O) groups is 1. The first kappa shape index (κ1) is 19.8. The summed E-state index contributed by atoms with van der Waals surface area (Å²) in [6, 6.07) is 15.5. The van der Waals surface area contributed by atoms with Crippen LogP contribution in [0.3, 0.4) is 0 Å². The minimum absolute atomic E-state index is 0.0555. The first-order valence-electron chi connectivity index (χ1n) is 8.61. The summed E-state index contributed by atoms with van der Waals surface area (Å²) in [7, 11) is -0.567. The average Bonchev–Trinajstić information content (AvgIpc) is 3.03. The Hall–Kier alpha value is -2.97. The lowest BCUT2D eigenvalue weighted by Crippen LogP contribution is -2.22. The Balaban J connectivity index is 1.69. The molecule has 0 atom stereocenters. The van der Waals surface area contributed by atoms with Crippen molar-refractivity contribution in [1.29, 1.82) is 0 Å². The van der Waals surface area contributed by atoms with Gasteiger partial charge in [0.1, 0.15) is 5.76 Å². The molecule has 1 heterocycles. The molecule has 3 aromatic rings. The highest BCUT2D eigenvalue weighted by molar-refractivity contribution is 7.89. The second-order valence-corrected chi connectivity index (χ2v) is 8.58. The van der Waals surface area contributed by atoms with E-state index in [0.29, 0.717) is 23.0 Å². The monoisotopic (exact) mass is 399 g/mol. The number of anilines is 1. The first-order valence-corrected chi connectivity index (χ1v) is 10.1. The maximum Gasteiger partial charge on any atom is 0.242 e. The van der Waals surface area contributed by atoms with E-state index in [1.165, 1.54) is 26.2 Å². The third kappa shape index (κ3) is 4.29. The van der Waals surface area contributed by atoms with Crippen LogP contribution in [0.5, 0.6) is 0 Å². The minimum Gasteiger partial charge on any atom is -0.441 e. The van der Waals surface area contributed by atoms with Crippen LogP contribution in [-0.4, -0.2) is 37.7 Å². The molecule has 1 aromatic heterocycles. The van der Waals surface area contributed by atoms with Crippen molar-refractivity contribution in [2.75, 3.05) is 19.4 Å². The normalized spacial score (nSPS) is 11.6. The quantitative estimate of drug-likeness (QED) is 0.688. The number of hydrogen-bond donors (Lipinski definition) is 1. The van der Waals surface area contributed by atoms with Crippen molar-refractivity contribution in [3.05, 3.63) is 66.1 Å². The predicted molar refractivity (Wildman–Crippen MR) is 106 cm³/mol. The molecular formula is C20H21N3O4S. The molecular weight excluding hydrogens is 378 g/mol. The van der Waals surface area contributed by atoms with Gasteiger partial charge in [-0.3, -0.25) is 4.79 Å². The molecule has 0 aliphatic rings. The number of nitrogens with zero attached hydrogens (tertiary/aromatic N) is 2. The van der Waals surface area contributed by atoms with E-state index >= 15 is 0 Å². The van der Waals surface area contributed by atoms with Crippen molar-refractivity contribution in [2.24, 2.45) is 0 Å². The summed E-state index contributed by atoms with van der Waals surface area (Å²) in [5, 5.41) is 2.75. The molecule has 0 saturated carbocycles. The van der Waals surface area contributed by atoms with Gasteiger partial charge >= 0.3 is 0 Å². The average molecular weight is 399 g/mol. The zero-order valence-corrected chi connectivity index (χ0v) is 16.7. The molecule has 2 aromatic carbocycles. The molecule has 0 aliphatic carbocycles. The smallest absolute Gasteiger partial charge is 0.242 e. The zero-order valence-electron chi connectivity index (χ0n) is 15.8. The number of carbonyl (C=O) groups excluding carboxylic acids is 1. The number of sulfonamides is 1. The van der Waals surface area contributed by atoms with E-state index in [1.54, 1.807) is 19.1 Å². The van der Waals surface area contributed by atoms with Gasteiger partial charge in [0.2, 0.25) is 21.8 Å². The van der Waals surface area contributed by atoms with Crippen LogP contribution in [0.25, 0.3) is 11.5 Å². The van der Waals surface area contributed by atoms with Crippen LogP contribution < -0.4 is 5.32 Å². The van der Waals surface area contributed by atoms with Gasteiger partial charge in [-0.1, -0.05) is 18.2 Å². The minimum atomic E-state index is -3.50. The third-order valence-electron chi connectivity index (χ3n) is 4.16. The first-order chi connectivity index (χ1) is 13.3. The SMILES string of the molecule is Cc1oc(-c2ccccc2)nc1CC(=O)Nc1ccc(S(=O)(=O)N(C)C)cc1. The van der Waals surface area contributed by atoms with E-state index in [0.717, 1.165) is 9.87 Å². The Kier molecular flexibility index (Phi) is 5.62. The molecule has 0 saturated heterocycles. The van der Waals surface area contributed by atoms with Crippen LogP contribution in [0.1, 0.15) is 11.5 Å². The molecule has 1 amide bonds. The molecule has 146 valence electrons. The standard InChI is InChI=1S/C20H21N3O4S/c1-14-18(22-20(27-14)15-7-5-4-6-8-15)13-19(24)21-16-9-11-17(12-10-16)28(25,26)23(2)3/h4-12H,13H2,1-3H3,(H,21,24). The summed E-state index contributed by atoms with van der Waals surface area (Å²) >= 11 is 0. The summed E-state index contributed by atoms with van der Waals surface area (Å²) < 4.78 is 31.0. The molecule has 0 aliphatic heterocycles. The lowest BCUT2D eigenvalue weighted by atomic mass is 10.2. The van der Waals surface area contributed by atoms with Crippen LogP contribution in [0.4, 0.5) is 5.69 Å². The van der Waals surface area contributed by atoms with Crippen LogP contribution in [-0.2, 0) is 21.2 Å². The maximum absolute atomic E-state index is 12.4. The Bertz CT molecular complexity index is 1070. The van der Waals surface area contributed by atoms with Crippen molar-refractivity contribution >= 4 is 21.6 Å². The molecule has 0 unspecified atom stereocenters. The molecule has 0 bridgehead atoms. The van der Waals surface area contributed by atoms with Gasteiger partial charge in [-0.05, 0) is 43.3 Å². The number of nitrogens with one attached hydrogen (secondary N) is 1.